The summed E-state index contributed by atoms with van der Waals surface area (Å²) in [6, 6.07) is 51.3. The van der Waals surface area contributed by atoms with Gasteiger partial charge in [0.1, 0.15) is 11.2 Å². The Morgan fingerprint density at radius 3 is 2.11 bits per heavy atom. The van der Waals surface area contributed by atoms with Crippen LogP contribution in [0.1, 0.15) is 0 Å². The largest absolute Gasteiger partial charge is 0.455 e. The maximum Gasteiger partial charge on any atom is 0.161 e. The van der Waals surface area contributed by atoms with Gasteiger partial charge in [0.25, 0.3) is 0 Å². The second-order valence-corrected chi connectivity index (χ2v) is 12.8. The van der Waals surface area contributed by atoms with Crippen molar-refractivity contribution in [1.29, 1.82) is 0 Å². The fraction of sp³-hybridized carbons (Fsp3) is 0. The van der Waals surface area contributed by atoms with Crippen molar-refractivity contribution in [1.82, 2.24) is 9.97 Å². The second-order valence-electron chi connectivity index (χ2n) is 11.8. The van der Waals surface area contributed by atoms with Crippen molar-refractivity contribution in [2.45, 2.75) is 0 Å². The van der Waals surface area contributed by atoms with Crippen LogP contribution in [0.4, 0.5) is 0 Å². The zero-order valence-corrected chi connectivity index (χ0v) is 25.4. The topological polar surface area (TPSA) is 38.9 Å². The summed E-state index contributed by atoms with van der Waals surface area (Å²) in [5, 5.41) is 7.83. The number of thiophene rings is 1. The molecule has 0 unspecified atom stereocenters. The fourth-order valence-electron chi connectivity index (χ4n) is 6.84. The number of hydrogen-bond acceptors (Lipinski definition) is 4. The van der Waals surface area contributed by atoms with Crippen molar-refractivity contribution in [2.75, 3.05) is 0 Å². The molecule has 3 heterocycles. The van der Waals surface area contributed by atoms with E-state index in [0.717, 1.165) is 70.7 Å². The Morgan fingerprint density at radius 1 is 0.478 bits per heavy atom. The molecule has 0 spiro atoms. The average Bonchev–Trinajstić information content (AvgIpc) is 3.69. The van der Waals surface area contributed by atoms with Crippen molar-refractivity contribution in [2.24, 2.45) is 0 Å². The highest BCUT2D eigenvalue weighted by Gasteiger charge is 2.21. The molecular weight excluding hydrogens is 581 g/mol. The summed E-state index contributed by atoms with van der Waals surface area (Å²) < 4.78 is 8.87. The van der Waals surface area contributed by atoms with Crippen LogP contribution in [-0.2, 0) is 0 Å². The molecule has 0 fully saturated rings. The molecule has 0 saturated carbocycles. The molecule has 214 valence electrons. The lowest BCUT2D eigenvalue weighted by Gasteiger charge is -2.11. The molecule has 0 atom stereocenters. The van der Waals surface area contributed by atoms with Gasteiger partial charge < -0.3 is 4.42 Å². The van der Waals surface area contributed by atoms with Gasteiger partial charge in [-0.05, 0) is 57.6 Å². The Bertz CT molecular complexity index is 2810. The first-order valence-corrected chi connectivity index (χ1v) is 16.2. The first-order chi connectivity index (χ1) is 22.8. The van der Waals surface area contributed by atoms with Crippen LogP contribution in [0.3, 0.4) is 0 Å². The van der Waals surface area contributed by atoms with Crippen LogP contribution in [-0.4, -0.2) is 9.97 Å². The van der Waals surface area contributed by atoms with Crippen molar-refractivity contribution in [3.05, 3.63) is 146 Å². The molecule has 0 aliphatic heterocycles. The summed E-state index contributed by atoms with van der Waals surface area (Å²) in [6.07, 6.45) is 0. The van der Waals surface area contributed by atoms with E-state index in [-0.39, 0.29) is 0 Å². The SMILES string of the molecule is c1ccc(-c2ccc3oc4c5ccccc5c(-c5nc(-c6ccc7ccccc7c6)c6sc7ccccc7c6n5)cc4c3c2)cc1. The van der Waals surface area contributed by atoms with E-state index < -0.39 is 0 Å². The van der Waals surface area contributed by atoms with Crippen LogP contribution in [0, 0.1) is 0 Å². The maximum absolute atomic E-state index is 6.56. The molecule has 10 rings (SSSR count). The molecule has 46 heavy (non-hydrogen) atoms. The van der Waals surface area contributed by atoms with Gasteiger partial charge in [0.2, 0.25) is 0 Å². The number of furan rings is 1. The quantitative estimate of drug-likeness (QED) is 0.201. The van der Waals surface area contributed by atoms with Crippen molar-refractivity contribution >= 4 is 75.1 Å². The molecule has 3 aromatic heterocycles. The molecule has 0 aliphatic rings. The molecule has 0 saturated heterocycles. The molecule has 0 bridgehead atoms. The predicted molar refractivity (Wildman–Crippen MR) is 194 cm³/mol. The molecular formula is C42H24N2OS. The van der Waals surface area contributed by atoms with E-state index in [4.69, 9.17) is 14.4 Å². The van der Waals surface area contributed by atoms with Crippen LogP contribution in [0.15, 0.2) is 150 Å². The molecule has 0 radical (unpaired) electrons. The smallest absolute Gasteiger partial charge is 0.161 e. The molecule has 0 amide bonds. The molecule has 3 nitrogen and oxygen atoms in total. The van der Waals surface area contributed by atoms with Gasteiger partial charge in [-0.25, -0.2) is 9.97 Å². The zero-order chi connectivity index (χ0) is 30.2. The molecule has 0 aliphatic carbocycles. The maximum atomic E-state index is 6.56. The van der Waals surface area contributed by atoms with E-state index in [1.165, 1.54) is 21.0 Å². The Kier molecular flexibility index (Phi) is 5.45. The summed E-state index contributed by atoms with van der Waals surface area (Å²) in [6.45, 7) is 0. The summed E-state index contributed by atoms with van der Waals surface area (Å²) in [5.74, 6) is 0.714. The van der Waals surface area contributed by atoms with Gasteiger partial charge in [0.15, 0.2) is 5.82 Å². The monoisotopic (exact) mass is 604 g/mol. The summed E-state index contributed by atoms with van der Waals surface area (Å²) >= 11 is 1.76. The first kappa shape index (κ1) is 25.5. The van der Waals surface area contributed by atoms with Crippen molar-refractivity contribution in [3.8, 4) is 33.8 Å². The standard InChI is InChI=1S/C42H24N2OS/c1-2-10-25(11-3-1)28-20-21-36-33(23-28)34-24-35(30-14-6-7-15-31(30)40(34)45-36)42-43-38(29-19-18-26-12-4-5-13-27(26)22-29)41-39(44-42)32-16-8-9-17-37(32)46-41/h1-24H. The minimum absolute atomic E-state index is 0.714. The van der Waals surface area contributed by atoms with E-state index in [1.54, 1.807) is 11.3 Å². The van der Waals surface area contributed by atoms with Gasteiger partial charge in [-0.3, -0.25) is 0 Å². The normalized spacial score (nSPS) is 11.9. The van der Waals surface area contributed by atoms with Crippen molar-refractivity contribution < 1.29 is 4.42 Å². The zero-order valence-electron chi connectivity index (χ0n) is 24.6. The minimum Gasteiger partial charge on any atom is -0.455 e. The highest BCUT2D eigenvalue weighted by Crippen LogP contribution is 2.43. The number of fused-ring (bicyclic) bond motifs is 9. The van der Waals surface area contributed by atoms with Gasteiger partial charge in [-0.1, -0.05) is 115 Å². The third-order valence-electron chi connectivity index (χ3n) is 9.07. The average molecular weight is 605 g/mol. The Labute approximate surface area is 268 Å². The predicted octanol–water partition coefficient (Wildman–Crippen LogP) is 12.1. The van der Waals surface area contributed by atoms with E-state index >= 15 is 0 Å². The van der Waals surface area contributed by atoms with Crippen LogP contribution in [0.2, 0.25) is 0 Å². The molecule has 10 aromatic rings. The summed E-state index contributed by atoms with van der Waals surface area (Å²) in [7, 11) is 0. The lowest BCUT2D eigenvalue weighted by Crippen LogP contribution is -1.95. The van der Waals surface area contributed by atoms with Crippen LogP contribution in [0.5, 0.6) is 0 Å². The number of aromatic nitrogens is 2. The van der Waals surface area contributed by atoms with E-state index in [9.17, 15) is 0 Å². The van der Waals surface area contributed by atoms with Gasteiger partial charge in [0, 0.05) is 37.4 Å². The first-order valence-electron chi connectivity index (χ1n) is 15.4. The Balaban J connectivity index is 1.29. The van der Waals surface area contributed by atoms with Crippen LogP contribution >= 0.6 is 11.3 Å². The Morgan fingerprint density at radius 2 is 1.22 bits per heavy atom. The lowest BCUT2D eigenvalue weighted by molar-refractivity contribution is 0.673. The van der Waals surface area contributed by atoms with Gasteiger partial charge in [-0.2, -0.15) is 0 Å². The highest BCUT2D eigenvalue weighted by atomic mass is 32.1. The Hall–Kier alpha value is -5.84. The van der Waals surface area contributed by atoms with E-state index in [0.29, 0.717) is 5.82 Å². The number of benzene rings is 7. The highest BCUT2D eigenvalue weighted by molar-refractivity contribution is 7.26. The van der Waals surface area contributed by atoms with Crippen LogP contribution in [0.25, 0.3) is 97.6 Å². The van der Waals surface area contributed by atoms with Crippen LogP contribution < -0.4 is 0 Å². The lowest BCUT2D eigenvalue weighted by atomic mass is 9.98. The van der Waals surface area contributed by atoms with E-state index in [1.807, 2.05) is 6.07 Å². The fourth-order valence-corrected chi connectivity index (χ4v) is 7.99. The molecule has 7 aromatic carbocycles. The van der Waals surface area contributed by atoms with Gasteiger partial charge in [-0.15, -0.1) is 11.3 Å². The number of hydrogen-bond donors (Lipinski definition) is 0. The minimum atomic E-state index is 0.714. The van der Waals surface area contributed by atoms with E-state index in [2.05, 4.69) is 140 Å². The molecule has 0 N–H and O–H groups in total. The third-order valence-corrected chi connectivity index (χ3v) is 10.2. The summed E-state index contributed by atoms with van der Waals surface area (Å²) in [5.41, 5.74) is 8.12. The summed E-state index contributed by atoms with van der Waals surface area (Å²) in [4.78, 5) is 10.7. The van der Waals surface area contributed by atoms with Crippen molar-refractivity contribution in [3.63, 3.8) is 0 Å². The number of nitrogens with zero attached hydrogens (tertiary/aromatic N) is 2. The third kappa shape index (κ3) is 3.84. The van der Waals surface area contributed by atoms with Gasteiger partial charge in [0.05, 0.1) is 15.9 Å². The van der Waals surface area contributed by atoms with Gasteiger partial charge >= 0.3 is 0 Å². The number of rotatable bonds is 3. The second kappa shape index (κ2) is 9.83. The molecule has 4 heteroatoms.